The van der Waals surface area contributed by atoms with Crippen LogP contribution in [-0.4, -0.2) is 24.3 Å². The highest BCUT2D eigenvalue weighted by atomic mass is 16.5. The number of aliphatic hydroxyl groups is 1. The molecule has 0 aromatic heterocycles. The fourth-order valence-corrected chi connectivity index (χ4v) is 1.10. The first-order valence-corrected chi connectivity index (χ1v) is 4.36. The summed E-state index contributed by atoms with van der Waals surface area (Å²) >= 11 is 0. The minimum absolute atomic E-state index is 0.109. The van der Waals surface area contributed by atoms with Crippen LogP contribution >= 0.6 is 0 Å². The maximum Gasteiger partial charge on any atom is 0.308 e. The Morgan fingerprint density at radius 2 is 2.17 bits per heavy atom. The molecule has 0 bridgehead atoms. The summed E-state index contributed by atoms with van der Waals surface area (Å²) in [7, 11) is 1.33. The molecule has 3 heteroatoms. The van der Waals surface area contributed by atoms with Crippen LogP contribution in [0.25, 0.3) is 0 Å². The van der Waals surface area contributed by atoms with Crippen molar-refractivity contribution in [2.75, 3.05) is 7.11 Å². The standard InChI is InChI=1S/C9H18O3/c1-4-5-7(2)8(10)6-9(11)12-3/h7-8,10H,4-6H2,1-3H3/t7-,8-/m1/s1. The first kappa shape index (κ1) is 11.4. The second kappa shape index (κ2) is 6.00. The van der Waals surface area contributed by atoms with Gasteiger partial charge in [0.1, 0.15) is 0 Å². The molecule has 0 amide bonds. The lowest BCUT2D eigenvalue weighted by atomic mass is 9.97. The van der Waals surface area contributed by atoms with Gasteiger partial charge in [-0.25, -0.2) is 0 Å². The molecule has 0 heterocycles. The van der Waals surface area contributed by atoms with Gasteiger partial charge in [-0.05, 0) is 12.3 Å². The molecular weight excluding hydrogens is 156 g/mol. The van der Waals surface area contributed by atoms with E-state index < -0.39 is 6.10 Å². The second-order valence-electron chi connectivity index (χ2n) is 3.11. The van der Waals surface area contributed by atoms with E-state index >= 15 is 0 Å². The lowest BCUT2D eigenvalue weighted by Gasteiger charge is -2.16. The van der Waals surface area contributed by atoms with Crippen LogP contribution in [0.5, 0.6) is 0 Å². The van der Waals surface area contributed by atoms with Crippen LogP contribution in [0.1, 0.15) is 33.1 Å². The van der Waals surface area contributed by atoms with Crippen LogP contribution in [0, 0.1) is 5.92 Å². The highest BCUT2D eigenvalue weighted by Gasteiger charge is 2.17. The number of esters is 1. The van der Waals surface area contributed by atoms with E-state index in [-0.39, 0.29) is 18.3 Å². The molecule has 0 saturated heterocycles. The van der Waals surface area contributed by atoms with E-state index in [2.05, 4.69) is 11.7 Å². The maximum absolute atomic E-state index is 10.7. The van der Waals surface area contributed by atoms with Crippen molar-refractivity contribution < 1.29 is 14.6 Å². The first-order valence-electron chi connectivity index (χ1n) is 4.36. The summed E-state index contributed by atoms with van der Waals surface area (Å²) in [5.74, 6) is -0.167. The highest BCUT2D eigenvalue weighted by molar-refractivity contribution is 5.69. The molecule has 0 aliphatic carbocycles. The third-order valence-electron chi connectivity index (χ3n) is 2.00. The Kier molecular flexibility index (Phi) is 5.72. The Bertz CT molecular complexity index is 134. The van der Waals surface area contributed by atoms with Crippen LogP contribution in [0.2, 0.25) is 0 Å². The van der Waals surface area contributed by atoms with E-state index in [1.54, 1.807) is 0 Å². The monoisotopic (exact) mass is 174 g/mol. The molecule has 3 nitrogen and oxygen atoms in total. The molecule has 2 atom stereocenters. The van der Waals surface area contributed by atoms with Crippen molar-refractivity contribution in [2.24, 2.45) is 5.92 Å². The van der Waals surface area contributed by atoms with Crippen LogP contribution in [0.15, 0.2) is 0 Å². The third kappa shape index (κ3) is 4.34. The molecule has 0 aromatic rings. The van der Waals surface area contributed by atoms with Crippen molar-refractivity contribution in [3.8, 4) is 0 Å². The van der Waals surface area contributed by atoms with Crippen molar-refractivity contribution in [1.29, 1.82) is 0 Å². The van der Waals surface area contributed by atoms with Crippen LogP contribution in [-0.2, 0) is 9.53 Å². The first-order chi connectivity index (χ1) is 5.61. The van der Waals surface area contributed by atoms with Crippen molar-refractivity contribution >= 4 is 5.97 Å². The summed E-state index contributed by atoms with van der Waals surface area (Å²) in [6, 6.07) is 0. The highest BCUT2D eigenvalue weighted by Crippen LogP contribution is 2.13. The molecule has 1 N–H and O–H groups in total. The lowest BCUT2D eigenvalue weighted by molar-refractivity contribution is -0.143. The van der Waals surface area contributed by atoms with Gasteiger partial charge in [-0.3, -0.25) is 4.79 Å². The minimum atomic E-state index is -0.558. The van der Waals surface area contributed by atoms with E-state index in [1.807, 2.05) is 6.92 Å². The van der Waals surface area contributed by atoms with Gasteiger partial charge in [-0.15, -0.1) is 0 Å². The number of methoxy groups -OCH3 is 1. The fraction of sp³-hybridized carbons (Fsp3) is 0.889. The van der Waals surface area contributed by atoms with Crippen molar-refractivity contribution in [3.05, 3.63) is 0 Å². The number of hydrogen-bond acceptors (Lipinski definition) is 3. The predicted molar refractivity (Wildman–Crippen MR) is 46.7 cm³/mol. The predicted octanol–water partition coefficient (Wildman–Crippen LogP) is 1.35. The summed E-state index contributed by atoms with van der Waals surface area (Å²) in [5.41, 5.74) is 0. The van der Waals surface area contributed by atoms with Gasteiger partial charge in [-0.2, -0.15) is 0 Å². The molecular formula is C9H18O3. The van der Waals surface area contributed by atoms with E-state index in [9.17, 15) is 9.90 Å². The minimum Gasteiger partial charge on any atom is -0.469 e. The third-order valence-corrected chi connectivity index (χ3v) is 2.00. The number of carbonyl (C=O) groups is 1. The normalized spacial score (nSPS) is 15.3. The summed E-state index contributed by atoms with van der Waals surface area (Å²) in [5, 5.41) is 9.45. The molecule has 0 fully saturated rings. The van der Waals surface area contributed by atoms with E-state index in [0.717, 1.165) is 12.8 Å². The number of aliphatic hydroxyl groups excluding tert-OH is 1. The van der Waals surface area contributed by atoms with E-state index in [1.165, 1.54) is 7.11 Å². The quantitative estimate of drug-likeness (QED) is 0.640. The number of carbonyl (C=O) groups excluding carboxylic acids is 1. The topological polar surface area (TPSA) is 46.5 Å². The number of ether oxygens (including phenoxy) is 1. The number of hydrogen-bond donors (Lipinski definition) is 1. The van der Waals surface area contributed by atoms with Gasteiger partial charge < -0.3 is 9.84 Å². The summed E-state index contributed by atoms with van der Waals surface area (Å²) in [4.78, 5) is 10.7. The average molecular weight is 174 g/mol. The second-order valence-corrected chi connectivity index (χ2v) is 3.11. The molecule has 0 spiro atoms. The van der Waals surface area contributed by atoms with Gasteiger partial charge in [0.15, 0.2) is 0 Å². The van der Waals surface area contributed by atoms with Gasteiger partial charge in [0.2, 0.25) is 0 Å². The van der Waals surface area contributed by atoms with Crippen molar-refractivity contribution in [3.63, 3.8) is 0 Å². The Morgan fingerprint density at radius 3 is 2.58 bits per heavy atom. The zero-order valence-corrected chi connectivity index (χ0v) is 8.04. The lowest BCUT2D eigenvalue weighted by Crippen LogP contribution is -2.22. The Balaban J connectivity index is 3.69. The van der Waals surface area contributed by atoms with Gasteiger partial charge >= 0.3 is 5.97 Å². The summed E-state index contributed by atoms with van der Waals surface area (Å²) in [6.07, 6.45) is 1.52. The van der Waals surface area contributed by atoms with Crippen LogP contribution in [0.4, 0.5) is 0 Å². The molecule has 72 valence electrons. The zero-order valence-electron chi connectivity index (χ0n) is 8.04. The maximum atomic E-state index is 10.7. The van der Waals surface area contributed by atoms with E-state index in [0.29, 0.717) is 0 Å². The molecule has 0 aliphatic rings. The largest absolute Gasteiger partial charge is 0.469 e. The molecule has 0 radical (unpaired) electrons. The summed E-state index contributed by atoms with van der Waals surface area (Å²) < 4.78 is 4.45. The van der Waals surface area contributed by atoms with Gasteiger partial charge in [0, 0.05) is 0 Å². The molecule has 0 aliphatic heterocycles. The molecule has 0 aromatic carbocycles. The Morgan fingerprint density at radius 1 is 1.58 bits per heavy atom. The van der Waals surface area contributed by atoms with E-state index in [4.69, 9.17) is 0 Å². The molecule has 0 unspecified atom stereocenters. The average Bonchev–Trinajstić information content (AvgIpc) is 2.04. The van der Waals surface area contributed by atoms with Crippen molar-refractivity contribution in [2.45, 2.75) is 39.2 Å². The SMILES string of the molecule is CCC[C@@H](C)[C@H](O)CC(=O)OC. The number of rotatable bonds is 5. The van der Waals surface area contributed by atoms with Gasteiger partial charge in [-0.1, -0.05) is 20.3 Å². The van der Waals surface area contributed by atoms with Crippen molar-refractivity contribution in [1.82, 2.24) is 0 Å². The Hall–Kier alpha value is -0.570. The fourth-order valence-electron chi connectivity index (χ4n) is 1.10. The smallest absolute Gasteiger partial charge is 0.308 e. The molecule has 0 rings (SSSR count). The summed E-state index contributed by atoms with van der Waals surface area (Å²) in [6.45, 7) is 4.00. The van der Waals surface area contributed by atoms with Crippen LogP contribution < -0.4 is 0 Å². The zero-order chi connectivity index (χ0) is 9.56. The van der Waals surface area contributed by atoms with Gasteiger partial charge in [0.25, 0.3) is 0 Å². The molecule has 12 heavy (non-hydrogen) atoms. The van der Waals surface area contributed by atoms with Gasteiger partial charge in [0.05, 0.1) is 19.6 Å². The molecule has 0 saturated carbocycles. The van der Waals surface area contributed by atoms with Crippen LogP contribution in [0.3, 0.4) is 0 Å². The Labute approximate surface area is 73.7 Å².